The summed E-state index contributed by atoms with van der Waals surface area (Å²) in [6, 6.07) is -0.0669. The Bertz CT molecular complexity index is 383. The minimum atomic E-state index is -3.14. The lowest BCUT2D eigenvalue weighted by atomic mass is 10.2. The molecule has 0 bridgehead atoms. The van der Waals surface area contributed by atoms with Crippen molar-refractivity contribution >= 4 is 16.0 Å². The second-order valence-corrected chi connectivity index (χ2v) is 6.25. The van der Waals surface area contributed by atoms with Crippen LogP contribution in [0.25, 0.3) is 0 Å². The fourth-order valence-electron chi connectivity index (χ4n) is 1.97. The molecule has 0 aromatic carbocycles. The fraction of sp³-hybridized carbons (Fsp3) is 0.900. The Morgan fingerprint density at radius 3 is 2.94 bits per heavy atom. The van der Waals surface area contributed by atoms with Gasteiger partial charge >= 0.3 is 0 Å². The summed E-state index contributed by atoms with van der Waals surface area (Å²) in [6.07, 6.45) is 2.95. The van der Waals surface area contributed by atoms with Crippen molar-refractivity contribution in [2.45, 2.75) is 18.9 Å². The molecule has 0 aliphatic carbocycles. The predicted octanol–water partition coefficient (Wildman–Crippen LogP) is -1.04. The summed E-state index contributed by atoms with van der Waals surface area (Å²) in [7, 11) is -1.53. The Labute approximate surface area is 108 Å². The van der Waals surface area contributed by atoms with E-state index in [1.807, 2.05) is 0 Å². The Balaban J connectivity index is 2.44. The third-order valence-corrected chi connectivity index (χ3v) is 4.17. The molecule has 0 amide bonds. The predicted molar refractivity (Wildman–Crippen MR) is 70.9 cm³/mol. The number of nitrogens with zero attached hydrogens (tertiary/aromatic N) is 2. The standard InChI is InChI=1S/C10H22N4O3S/c1-17-7-5-12-10(11)13-8-9-4-3-6-14(9)18(2,15)16/h9H,3-8H2,1-2H3,(H3,11,12,13)/t9-/m1/s1. The van der Waals surface area contributed by atoms with E-state index in [0.717, 1.165) is 12.8 Å². The first kappa shape index (κ1) is 15.2. The second-order valence-electron chi connectivity index (χ2n) is 4.32. The van der Waals surface area contributed by atoms with Gasteiger partial charge in [-0.25, -0.2) is 8.42 Å². The normalized spacial score (nSPS) is 22.3. The van der Waals surface area contributed by atoms with Crippen molar-refractivity contribution in [3.05, 3.63) is 0 Å². The van der Waals surface area contributed by atoms with Crippen LogP contribution in [0.5, 0.6) is 0 Å². The molecule has 0 unspecified atom stereocenters. The molecule has 0 spiro atoms. The summed E-state index contributed by atoms with van der Waals surface area (Å²) in [6.45, 7) is 2.12. The van der Waals surface area contributed by atoms with Gasteiger partial charge in [0.15, 0.2) is 5.96 Å². The lowest BCUT2D eigenvalue weighted by Crippen LogP contribution is -2.39. The molecule has 0 aromatic rings. The lowest BCUT2D eigenvalue weighted by Gasteiger charge is -2.20. The summed E-state index contributed by atoms with van der Waals surface area (Å²) in [5.41, 5.74) is 5.66. The smallest absolute Gasteiger partial charge is 0.211 e. The van der Waals surface area contributed by atoms with Gasteiger partial charge in [-0.15, -0.1) is 0 Å². The molecule has 1 aliphatic heterocycles. The van der Waals surface area contributed by atoms with Crippen LogP contribution in [0.4, 0.5) is 0 Å². The first-order valence-corrected chi connectivity index (χ1v) is 7.79. The molecule has 18 heavy (non-hydrogen) atoms. The van der Waals surface area contributed by atoms with Gasteiger partial charge in [0.1, 0.15) is 0 Å². The number of aliphatic imine (C=N–C) groups is 1. The first-order valence-electron chi connectivity index (χ1n) is 5.94. The number of sulfonamides is 1. The highest BCUT2D eigenvalue weighted by atomic mass is 32.2. The molecule has 106 valence electrons. The van der Waals surface area contributed by atoms with Crippen LogP contribution in [0.3, 0.4) is 0 Å². The van der Waals surface area contributed by atoms with Crippen molar-refractivity contribution in [3.8, 4) is 0 Å². The molecule has 1 rings (SSSR count). The summed E-state index contributed by atoms with van der Waals surface area (Å²) >= 11 is 0. The van der Waals surface area contributed by atoms with Gasteiger partial charge in [0.2, 0.25) is 10.0 Å². The Hall–Kier alpha value is -0.860. The Morgan fingerprint density at radius 2 is 2.33 bits per heavy atom. The largest absolute Gasteiger partial charge is 0.383 e. The van der Waals surface area contributed by atoms with Crippen LogP contribution < -0.4 is 11.1 Å². The molecule has 1 aliphatic rings. The number of guanidine groups is 1. The van der Waals surface area contributed by atoms with Crippen molar-refractivity contribution in [2.75, 3.05) is 39.6 Å². The number of nitrogens with one attached hydrogen (secondary N) is 1. The SMILES string of the molecule is COCCNC(N)=NC[C@H]1CCCN1S(C)(=O)=O. The van der Waals surface area contributed by atoms with E-state index in [0.29, 0.717) is 32.2 Å². The molecule has 7 nitrogen and oxygen atoms in total. The molecule has 1 saturated heterocycles. The van der Waals surface area contributed by atoms with Crippen LogP contribution in [0.2, 0.25) is 0 Å². The van der Waals surface area contributed by atoms with Crippen LogP contribution in [-0.2, 0) is 14.8 Å². The van der Waals surface area contributed by atoms with Gasteiger partial charge in [0.05, 0.1) is 19.4 Å². The van der Waals surface area contributed by atoms with E-state index in [1.54, 1.807) is 7.11 Å². The zero-order chi connectivity index (χ0) is 13.6. The van der Waals surface area contributed by atoms with E-state index in [4.69, 9.17) is 10.5 Å². The number of hydrogen-bond acceptors (Lipinski definition) is 4. The van der Waals surface area contributed by atoms with Gasteiger partial charge in [-0.3, -0.25) is 4.99 Å². The summed E-state index contributed by atoms with van der Waals surface area (Å²) in [5.74, 6) is 0.326. The maximum absolute atomic E-state index is 11.5. The van der Waals surface area contributed by atoms with E-state index >= 15 is 0 Å². The minimum absolute atomic E-state index is 0.0669. The maximum Gasteiger partial charge on any atom is 0.211 e. The third kappa shape index (κ3) is 4.79. The van der Waals surface area contributed by atoms with E-state index in [2.05, 4.69) is 10.3 Å². The average Bonchev–Trinajstić information content (AvgIpc) is 2.74. The third-order valence-electron chi connectivity index (χ3n) is 2.83. The number of nitrogens with two attached hydrogens (primary N) is 1. The number of methoxy groups -OCH3 is 1. The highest BCUT2D eigenvalue weighted by Crippen LogP contribution is 2.20. The lowest BCUT2D eigenvalue weighted by molar-refractivity contribution is 0.204. The molecule has 0 radical (unpaired) electrons. The van der Waals surface area contributed by atoms with Gasteiger partial charge in [-0.1, -0.05) is 0 Å². The number of rotatable bonds is 6. The van der Waals surface area contributed by atoms with Gasteiger partial charge < -0.3 is 15.8 Å². The molecule has 3 N–H and O–H groups in total. The average molecular weight is 278 g/mol. The highest BCUT2D eigenvalue weighted by Gasteiger charge is 2.30. The number of hydrogen-bond donors (Lipinski definition) is 2. The summed E-state index contributed by atoms with van der Waals surface area (Å²) in [5, 5.41) is 2.90. The Morgan fingerprint density at radius 1 is 1.61 bits per heavy atom. The van der Waals surface area contributed by atoms with Crippen molar-refractivity contribution in [3.63, 3.8) is 0 Å². The molecular formula is C10H22N4O3S. The zero-order valence-electron chi connectivity index (χ0n) is 10.9. The van der Waals surface area contributed by atoms with E-state index in [1.165, 1.54) is 10.6 Å². The van der Waals surface area contributed by atoms with Gasteiger partial charge in [-0.2, -0.15) is 4.31 Å². The quantitative estimate of drug-likeness (QED) is 0.367. The second kappa shape index (κ2) is 6.91. The van der Waals surface area contributed by atoms with Crippen LogP contribution in [0.1, 0.15) is 12.8 Å². The topological polar surface area (TPSA) is 97.0 Å². The van der Waals surface area contributed by atoms with E-state index in [-0.39, 0.29) is 6.04 Å². The molecule has 0 aromatic heterocycles. The van der Waals surface area contributed by atoms with E-state index in [9.17, 15) is 8.42 Å². The Kier molecular flexibility index (Phi) is 5.83. The van der Waals surface area contributed by atoms with E-state index < -0.39 is 10.0 Å². The molecule has 8 heteroatoms. The molecule has 1 fully saturated rings. The fourth-order valence-corrected chi connectivity index (χ4v) is 3.14. The number of ether oxygens (including phenoxy) is 1. The molecular weight excluding hydrogens is 256 g/mol. The van der Waals surface area contributed by atoms with Crippen molar-refractivity contribution in [2.24, 2.45) is 10.7 Å². The van der Waals surface area contributed by atoms with Crippen LogP contribution >= 0.6 is 0 Å². The van der Waals surface area contributed by atoms with Gasteiger partial charge in [0.25, 0.3) is 0 Å². The van der Waals surface area contributed by atoms with Crippen LogP contribution in [-0.4, -0.2) is 64.3 Å². The monoisotopic (exact) mass is 278 g/mol. The summed E-state index contributed by atoms with van der Waals surface area (Å²) in [4.78, 5) is 4.16. The first-order chi connectivity index (χ1) is 8.45. The molecule has 0 saturated carbocycles. The van der Waals surface area contributed by atoms with Crippen LogP contribution in [0, 0.1) is 0 Å². The maximum atomic E-state index is 11.5. The van der Waals surface area contributed by atoms with Gasteiger partial charge in [0, 0.05) is 26.2 Å². The van der Waals surface area contributed by atoms with Gasteiger partial charge in [-0.05, 0) is 12.8 Å². The highest BCUT2D eigenvalue weighted by molar-refractivity contribution is 7.88. The molecule has 1 heterocycles. The van der Waals surface area contributed by atoms with Crippen molar-refractivity contribution < 1.29 is 13.2 Å². The minimum Gasteiger partial charge on any atom is -0.383 e. The van der Waals surface area contributed by atoms with Crippen molar-refractivity contribution in [1.29, 1.82) is 0 Å². The molecule has 1 atom stereocenters. The van der Waals surface area contributed by atoms with Crippen molar-refractivity contribution in [1.82, 2.24) is 9.62 Å². The summed E-state index contributed by atoms with van der Waals surface area (Å²) < 4.78 is 29.4. The van der Waals surface area contributed by atoms with Crippen LogP contribution in [0.15, 0.2) is 4.99 Å². The zero-order valence-corrected chi connectivity index (χ0v) is 11.7.